The number of rotatable bonds is 3. The van der Waals surface area contributed by atoms with Crippen LogP contribution in [0.5, 0.6) is 0 Å². The van der Waals surface area contributed by atoms with Gasteiger partial charge in [-0.25, -0.2) is 0 Å². The second kappa shape index (κ2) is 4.33. The first-order chi connectivity index (χ1) is 7.20. The average molecular weight is 268 g/mol. The Morgan fingerprint density at radius 2 is 2.33 bits per heavy atom. The van der Waals surface area contributed by atoms with Gasteiger partial charge in [0.15, 0.2) is 0 Å². The summed E-state index contributed by atoms with van der Waals surface area (Å²) < 4.78 is 0.955. The van der Waals surface area contributed by atoms with E-state index < -0.39 is 0 Å². The second-order valence-electron chi connectivity index (χ2n) is 3.78. The summed E-state index contributed by atoms with van der Waals surface area (Å²) in [5.41, 5.74) is 2.33. The zero-order valence-corrected chi connectivity index (χ0v) is 10.4. The highest BCUT2D eigenvalue weighted by Gasteiger charge is 2.05. The minimum Gasteiger partial charge on any atom is -0.317 e. The number of hydrogen-bond acceptors (Lipinski definition) is 2. The molecule has 1 aromatic heterocycles. The van der Waals surface area contributed by atoms with E-state index in [1.54, 1.807) is 0 Å². The van der Waals surface area contributed by atoms with Crippen LogP contribution in [0.1, 0.15) is 12.5 Å². The molecule has 3 nitrogen and oxygen atoms in total. The van der Waals surface area contributed by atoms with Crippen LogP contribution in [-0.4, -0.2) is 23.3 Å². The lowest BCUT2D eigenvalue weighted by molar-refractivity contribution is 0.609. The predicted molar refractivity (Wildman–Crippen MR) is 66.0 cm³/mol. The third-order valence-electron chi connectivity index (χ3n) is 2.61. The Labute approximate surface area is 97.4 Å². The molecule has 0 aliphatic rings. The number of H-pyrrole nitrogens is 1. The Balaban J connectivity index is 2.33. The Bertz CT molecular complexity index is 464. The lowest BCUT2D eigenvalue weighted by Gasteiger charge is -2.09. The fourth-order valence-corrected chi connectivity index (χ4v) is 2.01. The summed E-state index contributed by atoms with van der Waals surface area (Å²) in [6.07, 6.45) is 1.03. The van der Waals surface area contributed by atoms with Crippen molar-refractivity contribution in [1.29, 1.82) is 0 Å². The summed E-state index contributed by atoms with van der Waals surface area (Å²) in [6, 6.07) is 6.85. The molecule has 2 N–H and O–H groups in total. The number of benzene rings is 1. The van der Waals surface area contributed by atoms with Crippen LogP contribution >= 0.6 is 15.9 Å². The van der Waals surface area contributed by atoms with E-state index in [4.69, 9.17) is 0 Å². The minimum absolute atomic E-state index is 0.494. The third-order valence-corrected chi connectivity index (χ3v) is 3.21. The summed E-state index contributed by atoms with van der Waals surface area (Å²) in [5.74, 6) is 0. The van der Waals surface area contributed by atoms with Crippen LogP contribution in [0.25, 0.3) is 10.9 Å². The van der Waals surface area contributed by atoms with Crippen molar-refractivity contribution in [2.75, 3.05) is 7.05 Å². The van der Waals surface area contributed by atoms with Crippen molar-refractivity contribution in [3.05, 3.63) is 28.4 Å². The number of fused-ring (bicyclic) bond motifs is 1. The van der Waals surface area contributed by atoms with Gasteiger partial charge in [-0.3, -0.25) is 5.10 Å². The van der Waals surface area contributed by atoms with E-state index in [-0.39, 0.29) is 0 Å². The molecule has 0 aliphatic heterocycles. The fourth-order valence-electron chi connectivity index (χ4n) is 1.61. The molecule has 1 atom stereocenters. The van der Waals surface area contributed by atoms with Gasteiger partial charge in [0, 0.05) is 11.4 Å². The van der Waals surface area contributed by atoms with Crippen LogP contribution in [0.4, 0.5) is 0 Å². The van der Waals surface area contributed by atoms with Crippen molar-refractivity contribution in [3.63, 3.8) is 0 Å². The quantitative estimate of drug-likeness (QED) is 0.897. The topological polar surface area (TPSA) is 40.7 Å². The molecule has 2 aromatic rings. The number of aromatic amines is 1. The first-order valence-electron chi connectivity index (χ1n) is 5.00. The molecule has 0 amide bonds. The number of likely N-dealkylation sites (N-methyl/N-ethyl adjacent to an activating group) is 1. The third kappa shape index (κ3) is 2.21. The van der Waals surface area contributed by atoms with Gasteiger partial charge in [0.1, 0.15) is 4.60 Å². The Hall–Kier alpha value is -0.870. The lowest BCUT2D eigenvalue weighted by atomic mass is 10.1. The Kier molecular flexibility index (Phi) is 3.07. The van der Waals surface area contributed by atoms with E-state index >= 15 is 0 Å². The summed E-state index contributed by atoms with van der Waals surface area (Å²) in [6.45, 7) is 2.18. The molecule has 2 rings (SSSR count). The smallest absolute Gasteiger partial charge is 0.108 e. The highest BCUT2D eigenvalue weighted by Crippen LogP contribution is 2.22. The van der Waals surface area contributed by atoms with Crippen molar-refractivity contribution in [2.24, 2.45) is 0 Å². The number of hydrogen-bond donors (Lipinski definition) is 2. The number of aromatic nitrogens is 2. The molecular formula is C11H14BrN3. The van der Waals surface area contributed by atoms with Gasteiger partial charge in [-0.2, -0.15) is 5.10 Å². The number of nitrogens with zero attached hydrogens (tertiary/aromatic N) is 1. The molecule has 0 saturated heterocycles. The standard InChI is InChI=1S/C11H14BrN3/c1-7(13-2)5-8-3-4-10-9(6-8)11(12)15-14-10/h3-4,6-7,13H,5H2,1-2H3,(H,14,15). The summed E-state index contributed by atoms with van der Waals surface area (Å²) in [7, 11) is 1.98. The van der Waals surface area contributed by atoms with Crippen LogP contribution in [0, 0.1) is 0 Å². The van der Waals surface area contributed by atoms with Gasteiger partial charge in [0.25, 0.3) is 0 Å². The van der Waals surface area contributed by atoms with Crippen molar-refractivity contribution < 1.29 is 0 Å². The van der Waals surface area contributed by atoms with E-state index in [0.717, 1.165) is 21.9 Å². The maximum absolute atomic E-state index is 4.17. The van der Waals surface area contributed by atoms with E-state index in [1.807, 2.05) is 13.1 Å². The van der Waals surface area contributed by atoms with E-state index in [1.165, 1.54) is 5.56 Å². The van der Waals surface area contributed by atoms with Gasteiger partial charge in [-0.05, 0) is 54.0 Å². The zero-order valence-electron chi connectivity index (χ0n) is 8.84. The summed E-state index contributed by atoms with van der Waals surface area (Å²) in [4.78, 5) is 0. The van der Waals surface area contributed by atoms with Crippen LogP contribution in [0.3, 0.4) is 0 Å². The Morgan fingerprint density at radius 3 is 3.07 bits per heavy atom. The van der Waals surface area contributed by atoms with Crippen LogP contribution in [0.2, 0.25) is 0 Å². The van der Waals surface area contributed by atoms with E-state index in [0.29, 0.717) is 6.04 Å². The van der Waals surface area contributed by atoms with Crippen LogP contribution in [-0.2, 0) is 6.42 Å². The first kappa shape index (κ1) is 10.6. The molecule has 1 aromatic carbocycles. The molecule has 1 unspecified atom stereocenters. The molecule has 0 fully saturated rings. The molecule has 0 aliphatic carbocycles. The molecule has 0 radical (unpaired) electrons. The summed E-state index contributed by atoms with van der Waals surface area (Å²) >= 11 is 3.45. The van der Waals surface area contributed by atoms with Gasteiger partial charge < -0.3 is 5.32 Å². The molecule has 80 valence electrons. The fraction of sp³-hybridized carbons (Fsp3) is 0.364. The van der Waals surface area contributed by atoms with Crippen LogP contribution in [0.15, 0.2) is 22.8 Å². The minimum atomic E-state index is 0.494. The van der Waals surface area contributed by atoms with Gasteiger partial charge in [0.05, 0.1) is 5.52 Å². The van der Waals surface area contributed by atoms with Crippen LogP contribution < -0.4 is 5.32 Å². The van der Waals surface area contributed by atoms with Crippen molar-refractivity contribution in [3.8, 4) is 0 Å². The Morgan fingerprint density at radius 1 is 1.53 bits per heavy atom. The zero-order chi connectivity index (χ0) is 10.8. The largest absolute Gasteiger partial charge is 0.317 e. The van der Waals surface area contributed by atoms with Gasteiger partial charge >= 0.3 is 0 Å². The van der Waals surface area contributed by atoms with E-state index in [2.05, 4.69) is 50.5 Å². The average Bonchev–Trinajstić information content (AvgIpc) is 2.60. The molecule has 0 spiro atoms. The van der Waals surface area contributed by atoms with Gasteiger partial charge in [0.2, 0.25) is 0 Å². The highest BCUT2D eigenvalue weighted by molar-refractivity contribution is 9.10. The van der Waals surface area contributed by atoms with Gasteiger partial charge in [-0.1, -0.05) is 6.07 Å². The highest BCUT2D eigenvalue weighted by atomic mass is 79.9. The van der Waals surface area contributed by atoms with Crippen molar-refractivity contribution in [1.82, 2.24) is 15.5 Å². The van der Waals surface area contributed by atoms with Gasteiger partial charge in [-0.15, -0.1) is 0 Å². The molecule has 4 heteroatoms. The molecule has 1 heterocycles. The van der Waals surface area contributed by atoms with Crippen molar-refractivity contribution >= 4 is 26.8 Å². The maximum atomic E-state index is 4.17. The molecule has 0 bridgehead atoms. The lowest BCUT2D eigenvalue weighted by Crippen LogP contribution is -2.23. The predicted octanol–water partition coefficient (Wildman–Crippen LogP) is 2.48. The number of halogens is 1. The second-order valence-corrected chi connectivity index (χ2v) is 4.58. The number of nitrogens with one attached hydrogen (secondary N) is 2. The maximum Gasteiger partial charge on any atom is 0.108 e. The summed E-state index contributed by atoms with van der Waals surface area (Å²) in [5, 5.41) is 11.5. The SMILES string of the molecule is CNC(C)Cc1ccc2n[nH]c(Br)c2c1. The molecule has 15 heavy (non-hydrogen) atoms. The monoisotopic (exact) mass is 267 g/mol. The molecule has 0 saturated carbocycles. The normalized spacial score (nSPS) is 13.3. The van der Waals surface area contributed by atoms with Crippen molar-refractivity contribution in [2.45, 2.75) is 19.4 Å². The van der Waals surface area contributed by atoms with E-state index in [9.17, 15) is 0 Å². The molecular weight excluding hydrogens is 254 g/mol. The first-order valence-corrected chi connectivity index (χ1v) is 5.80.